The first-order chi connectivity index (χ1) is 8.06. The van der Waals surface area contributed by atoms with E-state index in [4.69, 9.17) is 4.74 Å². The summed E-state index contributed by atoms with van der Waals surface area (Å²) in [7, 11) is 0. The fraction of sp³-hybridized carbons (Fsp3) is 0.600. The molecule has 2 heteroatoms. The fourth-order valence-electron chi connectivity index (χ4n) is 1.86. The van der Waals surface area contributed by atoms with Crippen LogP contribution in [0.4, 0.5) is 5.69 Å². The van der Waals surface area contributed by atoms with Gasteiger partial charge >= 0.3 is 0 Å². The molecule has 0 bridgehead atoms. The van der Waals surface area contributed by atoms with Crippen molar-refractivity contribution in [3.05, 3.63) is 23.8 Å². The molecule has 0 aromatic heterocycles. The van der Waals surface area contributed by atoms with Crippen molar-refractivity contribution < 1.29 is 4.74 Å². The van der Waals surface area contributed by atoms with Crippen LogP contribution < -0.4 is 10.1 Å². The number of hydrogen-bond donors (Lipinski definition) is 1. The number of aryl methyl sites for hydroxylation is 1. The molecule has 0 radical (unpaired) electrons. The third kappa shape index (κ3) is 4.29. The Labute approximate surface area is 105 Å². The maximum Gasteiger partial charge on any atom is 0.120 e. The molecule has 1 aromatic rings. The Morgan fingerprint density at radius 1 is 1.18 bits per heavy atom. The smallest absolute Gasteiger partial charge is 0.120 e. The Hall–Kier alpha value is -1.18. The van der Waals surface area contributed by atoms with Crippen molar-refractivity contribution in [3.8, 4) is 5.75 Å². The molecule has 0 atom stereocenters. The first-order valence-electron chi connectivity index (χ1n) is 6.60. The van der Waals surface area contributed by atoms with E-state index in [1.807, 2.05) is 19.9 Å². The molecule has 0 aliphatic carbocycles. The van der Waals surface area contributed by atoms with Gasteiger partial charge in [-0.1, -0.05) is 13.8 Å². The van der Waals surface area contributed by atoms with Gasteiger partial charge < -0.3 is 10.1 Å². The van der Waals surface area contributed by atoms with Crippen LogP contribution in [0.15, 0.2) is 18.2 Å². The van der Waals surface area contributed by atoms with Crippen LogP contribution in [0.25, 0.3) is 0 Å². The first-order valence-corrected chi connectivity index (χ1v) is 6.60. The molecule has 0 aliphatic rings. The predicted octanol–water partition coefficient (Wildman–Crippen LogP) is 4.38. The van der Waals surface area contributed by atoms with Crippen molar-refractivity contribution in [1.82, 2.24) is 0 Å². The van der Waals surface area contributed by atoms with E-state index in [1.54, 1.807) is 0 Å². The van der Waals surface area contributed by atoms with Gasteiger partial charge in [-0.3, -0.25) is 0 Å². The molecule has 0 fully saturated rings. The monoisotopic (exact) mass is 235 g/mol. The van der Waals surface area contributed by atoms with Crippen LogP contribution in [0.3, 0.4) is 0 Å². The summed E-state index contributed by atoms with van der Waals surface area (Å²) in [4.78, 5) is 0. The van der Waals surface area contributed by atoms with E-state index in [0.29, 0.717) is 6.04 Å². The third-order valence-corrected chi connectivity index (χ3v) is 2.91. The Morgan fingerprint density at radius 2 is 1.82 bits per heavy atom. The number of ether oxygens (including phenoxy) is 1. The predicted molar refractivity (Wildman–Crippen MR) is 74.9 cm³/mol. The summed E-state index contributed by atoms with van der Waals surface area (Å²) in [6.45, 7) is 10.6. The van der Waals surface area contributed by atoms with Crippen molar-refractivity contribution in [1.29, 1.82) is 0 Å². The largest absolute Gasteiger partial charge is 0.491 e. The van der Waals surface area contributed by atoms with Gasteiger partial charge in [0, 0.05) is 11.7 Å². The lowest BCUT2D eigenvalue weighted by Gasteiger charge is -2.19. The van der Waals surface area contributed by atoms with Gasteiger partial charge in [0.05, 0.1) is 6.10 Å². The number of rotatable bonds is 6. The van der Waals surface area contributed by atoms with Crippen LogP contribution in [-0.4, -0.2) is 12.1 Å². The minimum absolute atomic E-state index is 0.229. The normalized spacial score (nSPS) is 11.0. The van der Waals surface area contributed by atoms with Crippen molar-refractivity contribution in [2.24, 2.45) is 0 Å². The molecule has 0 saturated carbocycles. The topological polar surface area (TPSA) is 21.3 Å². The lowest BCUT2D eigenvalue weighted by Crippen LogP contribution is -2.17. The van der Waals surface area contributed by atoms with Gasteiger partial charge in [0.25, 0.3) is 0 Å². The maximum absolute atomic E-state index is 5.68. The first kappa shape index (κ1) is 13.9. The van der Waals surface area contributed by atoms with Gasteiger partial charge in [-0.05, 0) is 57.4 Å². The van der Waals surface area contributed by atoms with Crippen molar-refractivity contribution in [3.63, 3.8) is 0 Å². The average molecular weight is 235 g/mol. The van der Waals surface area contributed by atoms with Crippen LogP contribution in [0.5, 0.6) is 5.75 Å². The zero-order valence-corrected chi connectivity index (χ0v) is 11.7. The van der Waals surface area contributed by atoms with Gasteiger partial charge in [-0.15, -0.1) is 0 Å². The van der Waals surface area contributed by atoms with E-state index in [-0.39, 0.29) is 6.10 Å². The molecular formula is C15H25NO. The van der Waals surface area contributed by atoms with Gasteiger partial charge in [0.15, 0.2) is 0 Å². The molecule has 0 spiro atoms. The molecule has 17 heavy (non-hydrogen) atoms. The Morgan fingerprint density at radius 3 is 2.29 bits per heavy atom. The Balaban J connectivity index is 2.75. The van der Waals surface area contributed by atoms with E-state index in [9.17, 15) is 0 Å². The van der Waals surface area contributed by atoms with Crippen LogP contribution >= 0.6 is 0 Å². The maximum atomic E-state index is 5.68. The minimum Gasteiger partial charge on any atom is -0.491 e. The summed E-state index contributed by atoms with van der Waals surface area (Å²) in [5.74, 6) is 0.951. The minimum atomic E-state index is 0.229. The second kappa shape index (κ2) is 6.53. The van der Waals surface area contributed by atoms with E-state index in [0.717, 1.165) is 18.6 Å². The number of nitrogens with one attached hydrogen (secondary N) is 1. The Kier molecular flexibility index (Phi) is 5.33. The fourth-order valence-corrected chi connectivity index (χ4v) is 1.86. The average Bonchev–Trinajstić information content (AvgIpc) is 2.27. The second-order valence-electron chi connectivity index (χ2n) is 4.80. The van der Waals surface area contributed by atoms with Crippen LogP contribution in [0.1, 0.15) is 46.1 Å². The van der Waals surface area contributed by atoms with Crippen molar-refractivity contribution in [2.45, 2.75) is 59.6 Å². The summed E-state index contributed by atoms with van der Waals surface area (Å²) in [6.07, 6.45) is 2.53. The molecule has 1 aromatic carbocycles. The van der Waals surface area contributed by atoms with Crippen molar-refractivity contribution >= 4 is 5.69 Å². The van der Waals surface area contributed by atoms with Crippen molar-refractivity contribution in [2.75, 3.05) is 5.32 Å². The SMILES string of the molecule is CCC(CC)Nc1ccc(OC(C)C)cc1C. The van der Waals surface area contributed by atoms with Gasteiger partial charge in [0.1, 0.15) is 5.75 Å². The second-order valence-corrected chi connectivity index (χ2v) is 4.80. The van der Waals surface area contributed by atoms with Crippen LogP contribution in [-0.2, 0) is 0 Å². The highest BCUT2D eigenvalue weighted by Crippen LogP contribution is 2.23. The molecule has 0 unspecified atom stereocenters. The summed E-state index contributed by atoms with van der Waals surface area (Å²) < 4.78 is 5.68. The molecule has 1 N–H and O–H groups in total. The molecule has 1 rings (SSSR count). The number of hydrogen-bond acceptors (Lipinski definition) is 2. The highest BCUT2D eigenvalue weighted by molar-refractivity contribution is 5.54. The summed E-state index contributed by atoms with van der Waals surface area (Å²) in [6, 6.07) is 6.82. The van der Waals surface area contributed by atoms with Crippen LogP contribution in [0.2, 0.25) is 0 Å². The van der Waals surface area contributed by atoms with Gasteiger partial charge in [0.2, 0.25) is 0 Å². The number of benzene rings is 1. The summed E-state index contributed by atoms with van der Waals surface area (Å²) in [5, 5.41) is 3.57. The summed E-state index contributed by atoms with van der Waals surface area (Å²) >= 11 is 0. The quantitative estimate of drug-likeness (QED) is 0.790. The lowest BCUT2D eigenvalue weighted by atomic mass is 10.1. The highest BCUT2D eigenvalue weighted by Gasteiger charge is 2.06. The molecule has 0 heterocycles. The molecule has 0 saturated heterocycles. The van der Waals surface area contributed by atoms with E-state index in [1.165, 1.54) is 11.3 Å². The number of anilines is 1. The molecule has 0 aliphatic heterocycles. The Bertz CT molecular complexity index is 343. The molecule has 0 amide bonds. The van der Waals surface area contributed by atoms with Gasteiger partial charge in [-0.2, -0.15) is 0 Å². The third-order valence-electron chi connectivity index (χ3n) is 2.91. The van der Waals surface area contributed by atoms with E-state index >= 15 is 0 Å². The zero-order valence-electron chi connectivity index (χ0n) is 11.7. The van der Waals surface area contributed by atoms with Crippen LogP contribution in [0, 0.1) is 6.92 Å². The summed E-state index contributed by atoms with van der Waals surface area (Å²) in [5.41, 5.74) is 2.46. The zero-order chi connectivity index (χ0) is 12.8. The van der Waals surface area contributed by atoms with E-state index in [2.05, 4.69) is 38.2 Å². The van der Waals surface area contributed by atoms with Gasteiger partial charge in [-0.25, -0.2) is 0 Å². The van der Waals surface area contributed by atoms with E-state index < -0.39 is 0 Å². The molecule has 96 valence electrons. The molecular weight excluding hydrogens is 210 g/mol. The standard InChI is InChI=1S/C15H25NO/c1-6-13(7-2)16-15-9-8-14(10-12(15)5)17-11(3)4/h8-11,13,16H,6-7H2,1-5H3. The highest BCUT2D eigenvalue weighted by atomic mass is 16.5. The lowest BCUT2D eigenvalue weighted by molar-refractivity contribution is 0.242. The molecule has 2 nitrogen and oxygen atoms in total.